The molecule has 1 aromatic rings. The van der Waals surface area contributed by atoms with Gasteiger partial charge in [-0.05, 0) is 37.7 Å². The number of aromatic nitrogens is 1. The third kappa shape index (κ3) is 3.40. The fourth-order valence-electron chi connectivity index (χ4n) is 3.01. The zero-order chi connectivity index (χ0) is 13.8. The summed E-state index contributed by atoms with van der Waals surface area (Å²) in [6.07, 6.45) is 6.39. The molecule has 1 aliphatic rings. The van der Waals surface area contributed by atoms with Crippen LogP contribution in [0.4, 0.5) is 11.4 Å². The van der Waals surface area contributed by atoms with Gasteiger partial charge >= 0.3 is 0 Å². The minimum absolute atomic E-state index is 0.597. The first-order chi connectivity index (χ1) is 9.11. The number of pyridine rings is 1. The van der Waals surface area contributed by atoms with E-state index in [0.29, 0.717) is 6.04 Å². The van der Waals surface area contributed by atoms with Crippen LogP contribution >= 0.6 is 0 Å². The van der Waals surface area contributed by atoms with Crippen LogP contribution in [0.25, 0.3) is 0 Å². The zero-order valence-electron chi connectivity index (χ0n) is 12.7. The molecule has 2 rings (SSSR count). The van der Waals surface area contributed by atoms with Crippen molar-refractivity contribution in [3.05, 3.63) is 18.5 Å². The minimum atomic E-state index is 0.597. The van der Waals surface area contributed by atoms with Gasteiger partial charge in [-0.15, -0.1) is 0 Å². The molecule has 3 heteroatoms. The molecule has 3 unspecified atom stereocenters. The topological polar surface area (TPSA) is 28.2 Å². The van der Waals surface area contributed by atoms with Crippen LogP contribution in [0.1, 0.15) is 40.5 Å². The van der Waals surface area contributed by atoms with E-state index in [9.17, 15) is 0 Å². The highest BCUT2D eigenvalue weighted by atomic mass is 15.2. The van der Waals surface area contributed by atoms with E-state index >= 15 is 0 Å². The van der Waals surface area contributed by atoms with Gasteiger partial charge in [-0.25, -0.2) is 0 Å². The van der Waals surface area contributed by atoms with Gasteiger partial charge in [0, 0.05) is 19.1 Å². The summed E-state index contributed by atoms with van der Waals surface area (Å²) in [5.41, 5.74) is 2.39. The second-order valence-corrected chi connectivity index (χ2v) is 6.07. The fraction of sp³-hybridized carbons (Fsp3) is 0.688. The average Bonchev–Trinajstić information content (AvgIpc) is 2.41. The van der Waals surface area contributed by atoms with E-state index in [1.807, 2.05) is 12.4 Å². The smallest absolute Gasteiger partial charge is 0.0576 e. The lowest BCUT2D eigenvalue weighted by Crippen LogP contribution is -2.45. The molecule has 3 nitrogen and oxygen atoms in total. The predicted octanol–water partition coefficient (Wildman–Crippen LogP) is 3.77. The Balaban J connectivity index is 2.15. The van der Waals surface area contributed by atoms with E-state index in [1.165, 1.54) is 12.1 Å². The third-order valence-corrected chi connectivity index (χ3v) is 4.23. The Hall–Kier alpha value is -1.25. The Morgan fingerprint density at radius 2 is 2.11 bits per heavy atom. The maximum absolute atomic E-state index is 4.39. The number of nitrogens with one attached hydrogen (secondary N) is 1. The van der Waals surface area contributed by atoms with Crippen LogP contribution in [0.5, 0.6) is 0 Å². The Morgan fingerprint density at radius 3 is 2.84 bits per heavy atom. The maximum atomic E-state index is 4.39. The number of hydrogen-bond acceptors (Lipinski definition) is 3. The van der Waals surface area contributed by atoms with E-state index in [1.54, 1.807) is 0 Å². The van der Waals surface area contributed by atoms with Crippen molar-refractivity contribution < 1.29 is 0 Å². The Kier molecular flexibility index (Phi) is 4.67. The van der Waals surface area contributed by atoms with Gasteiger partial charge in [0.15, 0.2) is 0 Å². The molecule has 0 saturated carbocycles. The molecule has 1 aliphatic heterocycles. The van der Waals surface area contributed by atoms with Crippen molar-refractivity contribution in [2.45, 2.75) is 46.6 Å². The van der Waals surface area contributed by atoms with Crippen LogP contribution in [-0.4, -0.2) is 24.1 Å². The summed E-state index contributed by atoms with van der Waals surface area (Å²) < 4.78 is 0. The number of hydrogen-bond donors (Lipinski definition) is 1. The molecule has 0 aromatic carbocycles. The normalized spacial score (nSPS) is 27.4. The highest BCUT2D eigenvalue weighted by molar-refractivity contribution is 5.56. The molecule has 3 atom stereocenters. The molecule has 0 radical (unpaired) electrons. The molecule has 2 heterocycles. The van der Waals surface area contributed by atoms with Crippen LogP contribution in [0.15, 0.2) is 18.5 Å². The Morgan fingerprint density at radius 1 is 1.32 bits per heavy atom. The predicted molar refractivity (Wildman–Crippen MR) is 82.8 cm³/mol. The second kappa shape index (κ2) is 6.27. The van der Waals surface area contributed by atoms with E-state index in [0.717, 1.165) is 37.0 Å². The molecule has 1 fully saturated rings. The highest BCUT2D eigenvalue weighted by Gasteiger charge is 2.29. The van der Waals surface area contributed by atoms with Crippen LogP contribution < -0.4 is 10.2 Å². The van der Waals surface area contributed by atoms with Crippen LogP contribution in [0.2, 0.25) is 0 Å². The van der Waals surface area contributed by atoms with Gasteiger partial charge in [0.25, 0.3) is 0 Å². The zero-order valence-corrected chi connectivity index (χ0v) is 12.7. The van der Waals surface area contributed by atoms with Crippen molar-refractivity contribution in [1.29, 1.82) is 0 Å². The lowest BCUT2D eigenvalue weighted by atomic mass is 9.86. The summed E-state index contributed by atoms with van der Waals surface area (Å²) >= 11 is 0. The molecule has 106 valence electrons. The van der Waals surface area contributed by atoms with E-state index in [-0.39, 0.29) is 0 Å². The Labute approximate surface area is 117 Å². The van der Waals surface area contributed by atoms with Crippen LogP contribution in [0, 0.1) is 11.8 Å². The van der Waals surface area contributed by atoms with E-state index in [4.69, 9.17) is 0 Å². The lowest BCUT2D eigenvalue weighted by molar-refractivity contribution is 0.297. The summed E-state index contributed by atoms with van der Waals surface area (Å²) in [4.78, 5) is 6.91. The number of rotatable bonds is 4. The SMILES string of the molecule is CCCNc1cncc(N2CC(C)CC(C)C2C)c1. The van der Waals surface area contributed by atoms with Gasteiger partial charge in [0.2, 0.25) is 0 Å². The number of anilines is 2. The lowest BCUT2D eigenvalue weighted by Gasteiger charge is -2.42. The van der Waals surface area contributed by atoms with Crippen molar-refractivity contribution in [2.24, 2.45) is 11.8 Å². The van der Waals surface area contributed by atoms with Crippen molar-refractivity contribution in [3.8, 4) is 0 Å². The van der Waals surface area contributed by atoms with Crippen LogP contribution in [-0.2, 0) is 0 Å². The van der Waals surface area contributed by atoms with Gasteiger partial charge < -0.3 is 10.2 Å². The summed E-state index contributed by atoms with van der Waals surface area (Å²) in [5.74, 6) is 1.51. The largest absolute Gasteiger partial charge is 0.384 e. The molecule has 0 amide bonds. The first-order valence-corrected chi connectivity index (χ1v) is 7.57. The molecule has 0 spiro atoms. The van der Waals surface area contributed by atoms with Gasteiger partial charge in [-0.1, -0.05) is 20.8 Å². The monoisotopic (exact) mass is 261 g/mol. The molecule has 1 saturated heterocycles. The molecule has 1 N–H and O–H groups in total. The molecular weight excluding hydrogens is 234 g/mol. The summed E-state index contributed by atoms with van der Waals surface area (Å²) in [5, 5.41) is 3.42. The fourth-order valence-corrected chi connectivity index (χ4v) is 3.01. The van der Waals surface area contributed by atoms with Crippen molar-refractivity contribution in [2.75, 3.05) is 23.3 Å². The summed E-state index contributed by atoms with van der Waals surface area (Å²) in [6, 6.07) is 2.84. The molecular formula is C16H27N3. The average molecular weight is 261 g/mol. The quantitative estimate of drug-likeness (QED) is 0.894. The Bertz CT molecular complexity index is 405. The van der Waals surface area contributed by atoms with E-state index < -0.39 is 0 Å². The molecule has 0 aliphatic carbocycles. The summed E-state index contributed by atoms with van der Waals surface area (Å²) in [7, 11) is 0. The molecule has 1 aromatic heterocycles. The second-order valence-electron chi connectivity index (χ2n) is 6.07. The van der Waals surface area contributed by atoms with Gasteiger partial charge in [0.1, 0.15) is 0 Å². The summed E-state index contributed by atoms with van der Waals surface area (Å²) in [6.45, 7) is 11.4. The minimum Gasteiger partial charge on any atom is -0.384 e. The number of piperidine rings is 1. The first-order valence-electron chi connectivity index (χ1n) is 7.57. The van der Waals surface area contributed by atoms with Crippen molar-refractivity contribution in [1.82, 2.24) is 4.98 Å². The molecule has 19 heavy (non-hydrogen) atoms. The van der Waals surface area contributed by atoms with Crippen LogP contribution in [0.3, 0.4) is 0 Å². The van der Waals surface area contributed by atoms with Crippen molar-refractivity contribution in [3.63, 3.8) is 0 Å². The van der Waals surface area contributed by atoms with Crippen molar-refractivity contribution >= 4 is 11.4 Å². The van der Waals surface area contributed by atoms with Gasteiger partial charge in [0.05, 0.1) is 23.8 Å². The van der Waals surface area contributed by atoms with E-state index in [2.05, 4.69) is 49.0 Å². The highest BCUT2D eigenvalue weighted by Crippen LogP contribution is 2.31. The first kappa shape index (κ1) is 14.2. The number of nitrogens with zero attached hydrogens (tertiary/aromatic N) is 2. The standard InChI is InChI=1S/C16H27N3/c1-5-6-18-15-8-16(10-17-9-15)19-11-12(2)7-13(3)14(19)4/h8-10,12-14,18H,5-7,11H2,1-4H3. The molecule has 0 bridgehead atoms. The maximum Gasteiger partial charge on any atom is 0.0576 e. The third-order valence-electron chi connectivity index (χ3n) is 4.23. The van der Waals surface area contributed by atoms with Gasteiger partial charge in [-0.3, -0.25) is 4.98 Å². The van der Waals surface area contributed by atoms with Gasteiger partial charge in [-0.2, -0.15) is 0 Å².